The largest absolute Gasteiger partial charge is 0.389 e. The van der Waals surface area contributed by atoms with E-state index in [4.69, 9.17) is 4.74 Å². The average Bonchev–Trinajstić information content (AvgIpc) is 3.40. The molecule has 1 aliphatic carbocycles. The Kier molecular flexibility index (Phi) is 4.87. The number of carbonyl (C=O) groups excluding carboxylic acids is 2. The van der Waals surface area contributed by atoms with E-state index in [1.165, 1.54) is 4.90 Å². The summed E-state index contributed by atoms with van der Waals surface area (Å²) in [6.07, 6.45) is 0.859. The third-order valence-corrected chi connectivity index (χ3v) is 4.88. The van der Waals surface area contributed by atoms with E-state index in [1.807, 2.05) is 30.3 Å². The van der Waals surface area contributed by atoms with Crippen molar-refractivity contribution in [3.05, 3.63) is 35.9 Å². The predicted octanol–water partition coefficient (Wildman–Crippen LogP) is 0.396. The van der Waals surface area contributed by atoms with Crippen molar-refractivity contribution in [2.75, 3.05) is 39.9 Å². The zero-order chi connectivity index (χ0) is 17.2. The van der Waals surface area contributed by atoms with Gasteiger partial charge in [-0.2, -0.15) is 0 Å². The number of hydrogen-bond donors (Lipinski definition) is 1. The lowest BCUT2D eigenvalue weighted by atomic mass is 9.94. The molecule has 2 aliphatic rings. The molecule has 2 fully saturated rings. The molecule has 6 nitrogen and oxygen atoms in total. The highest BCUT2D eigenvalue weighted by atomic mass is 16.5. The van der Waals surface area contributed by atoms with Crippen LogP contribution in [0, 0.1) is 0 Å². The van der Waals surface area contributed by atoms with Crippen LogP contribution in [0.25, 0.3) is 0 Å². The first-order valence-electron chi connectivity index (χ1n) is 8.36. The van der Waals surface area contributed by atoms with Gasteiger partial charge < -0.3 is 19.6 Å². The average molecular weight is 332 g/mol. The van der Waals surface area contributed by atoms with Gasteiger partial charge in [-0.1, -0.05) is 30.3 Å². The summed E-state index contributed by atoms with van der Waals surface area (Å²) in [5.74, 6) is -0.185. The van der Waals surface area contributed by atoms with Crippen LogP contribution in [0.15, 0.2) is 30.3 Å². The summed E-state index contributed by atoms with van der Waals surface area (Å²) in [7, 11) is 1.57. The monoisotopic (exact) mass is 332 g/mol. The van der Waals surface area contributed by atoms with Crippen LogP contribution in [0.4, 0.5) is 0 Å². The minimum Gasteiger partial charge on any atom is -0.389 e. The molecule has 1 aliphatic heterocycles. The minimum absolute atomic E-state index is 0.0220. The third kappa shape index (κ3) is 3.30. The van der Waals surface area contributed by atoms with Crippen LogP contribution in [0.5, 0.6) is 0 Å². The molecule has 0 radical (unpaired) electrons. The van der Waals surface area contributed by atoms with Gasteiger partial charge in [-0.15, -0.1) is 0 Å². The third-order valence-electron chi connectivity index (χ3n) is 4.88. The Morgan fingerprint density at radius 3 is 2.62 bits per heavy atom. The van der Waals surface area contributed by atoms with E-state index < -0.39 is 11.5 Å². The molecule has 1 N–H and O–H groups in total. The van der Waals surface area contributed by atoms with Crippen LogP contribution in [0.3, 0.4) is 0 Å². The Balaban J connectivity index is 1.75. The maximum absolute atomic E-state index is 13.1. The molecule has 1 saturated carbocycles. The number of rotatable bonds is 5. The molecule has 1 heterocycles. The van der Waals surface area contributed by atoms with Gasteiger partial charge in [0.1, 0.15) is 0 Å². The van der Waals surface area contributed by atoms with Gasteiger partial charge in [-0.05, 0) is 18.4 Å². The van der Waals surface area contributed by atoms with Gasteiger partial charge in [-0.3, -0.25) is 9.59 Å². The first kappa shape index (κ1) is 16.9. The van der Waals surface area contributed by atoms with Crippen molar-refractivity contribution in [2.45, 2.75) is 24.4 Å². The second kappa shape index (κ2) is 6.91. The fourth-order valence-corrected chi connectivity index (χ4v) is 3.38. The van der Waals surface area contributed by atoms with Crippen molar-refractivity contribution in [1.29, 1.82) is 0 Å². The molecule has 1 atom stereocenters. The lowest BCUT2D eigenvalue weighted by Crippen LogP contribution is -2.44. The van der Waals surface area contributed by atoms with Gasteiger partial charge in [0.2, 0.25) is 11.8 Å². The first-order valence-corrected chi connectivity index (χ1v) is 8.36. The van der Waals surface area contributed by atoms with Gasteiger partial charge >= 0.3 is 0 Å². The van der Waals surface area contributed by atoms with Gasteiger partial charge in [0.05, 0.1) is 24.7 Å². The number of methoxy groups -OCH3 is 1. The summed E-state index contributed by atoms with van der Waals surface area (Å²) in [4.78, 5) is 28.6. The van der Waals surface area contributed by atoms with Crippen molar-refractivity contribution in [3.63, 3.8) is 0 Å². The Morgan fingerprint density at radius 2 is 2.00 bits per heavy atom. The highest BCUT2D eigenvalue weighted by Gasteiger charge is 2.53. The molecule has 1 aromatic carbocycles. The van der Waals surface area contributed by atoms with Gasteiger partial charge in [-0.25, -0.2) is 0 Å². The molecule has 6 heteroatoms. The lowest BCUT2D eigenvalue weighted by molar-refractivity contribution is -0.140. The van der Waals surface area contributed by atoms with E-state index in [1.54, 1.807) is 12.0 Å². The van der Waals surface area contributed by atoms with E-state index in [-0.39, 0.29) is 31.4 Å². The van der Waals surface area contributed by atoms with Gasteiger partial charge in [0, 0.05) is 26.7 Å². The SMILES string of the molecule is COCCN1CC(O)CN(C(=O)C2(c3ccccc3)CC2)CC1=O. The molecule has 2 amide bonds. The molecule has 0 aromatic heterocycles. The molecule has 130 valence electrons. The molecule has 1 saturated heterocycles. The number of nitrogens with zero attached hydrogens (tertiary/aromatic N) is 2. The maximum Gasteiger partial charge on any atom is 0.242 e. The summed E-state index contributed by atoms with van der Waals surface area (Å²) >= 11 is 0. The highest BCUT2D eigenvalue weighted by Crippen LogP contribution is 2.49. The van der Waals surface area contributed by atoms with Crippen LogP contribution in [-0.2, 0) is 19.7 Å². The fourth-order valence-electron chi connectivity index (χ4n) is 3.38. The smallest absolute Gasteiger partial charge is 0.242 e. The number of aliphatic hydroxyl groups excluding tert-OH is 1. The number of amides is 2. The highest BCUT2D eigenvalue weighted by molar-refractivity contribution is 5.94. The molecular formula is C18H24N2O4. The molecule has 0 spiro atoms. The van der Waals surface area contributed by atoms with Crippen molar-refractivity contribution in [2.24, 2.45) is 0 Å². The Hall–Kier alpha value is -1.92. The van der Waals surface area contributed by atoms with Crippen LogP contribution in [0.1, 0.15) is 18.4 Å². The number of benzene rings is 1. The summed E-state index contributed by atoms with van der Waals surface area (Å²) in [5, 5.41) is 10.2. The van der Waals surface area contributed by atoms with Crippen LogP contribution >= 0.6 is 0 Å². The molecular weight excluding hydrogens is 308 g/mol. The number of hydrogen-bond acceptors (Lipinski definition) is 4. The summed E-state index contributed by atoms with van der Waals surface area (Å²) < 4.78 is 5.01. The van der Waals surface area contributed by atoms with E-state index in [9.17, 15) is 14.7 Å². The zero-order valence-electron chi connectivity index (χ0n) is 14.0. The van der Waals surface area contributed by atoms with Crippen molar-refractivity contribution < 1.29 is 19.4 Å². The first-order chi connectivity index (χ1) is 11.6. The second-order valence-corrected chi connectivity index (χ2v) is 6.62. The topological polar surface area (TPSA) is 70.1 Å². The molecule has 0 bridgehead atoms. The molecule has 1 unspecified atom stereocenters. The van der Waals surface area contributed by atoms with Gasteiger partial charge in [0.25, 0.3) is 0 Å². The number of ether oxygens (including phenoxy) is 1. The van der Waals surface area contributed by atoms with Crippen LogP contribution in [-0.4, -0.2) is 72.7 Å². The van der Waals surface area contributed by atoms with E-state index in [2.05, 4.69) is 0 Å². The quantitative estimate of drug-likeness (QED) is 0.847. The normalized spacial score (nSPS) is 23.1. The Morgan fingerprint density at radius 1 is 1.29 bits per heavy atom. The van der Waals surface area contributed by atoms with E-state index in [0.717, 1.165) is 18.4 Å². The number of carbonyl (C=O) groups is 2. The minimum atomic E-state index is -0.733. The summed E-state index contributed by atoms with van der Waals surface area (Å²) in [6, 6.07) is 9.71. The Bertz CT molecular complexity index is 600. The zero-order valence-corrected chi connectivity index (χ0v) is 14.0. The van der Waals surface area contributed by atoms with Crippen molar-refractivity contribution >= 4 is 11.8 Å². The van der Waals surface area contributed by atoms with Gasteiger partial charge in [0.15, 0.2) is 0 Å². The van der Waals surface area contributed by atoms with E-state index in [0.29, 0.717) is 13.2 Å². The molecule has 3 rings (SSSR count). The lowest BCUT2D eigenvalue weighted by Gasteiger charge is -2.26. The number of aliphatic hydroxyl groups is 1. The van der Waals surface area contributed by atoms with E-state index >= 15 is 0 Å². The van der Waals surface area contributed by atoms with Crippen LogP contribution in [0.2, 0.25) is 0 Å². The maximum atomic E-state index is 13.1. The predicted molar refractivity (Wildman–Crippen MR) is 88.4 cm³/mol. The molecule has 1 aromatic rings. The fraction of sp³-hybridized carbons (Fsp3) is 0.556. The second-order valence-electron chi connectivity index (χ2n) is 6.62. The van der Waals surface area contributed by atoms with Crippen molar-refractivity contribution in [1.82, 2.24) is 9.80 Å². The van der Waals surface area contributed by atoms with Crippen LogP contribution < -0.4 is 0 Å². The van der Waals surface area contributed by atoms with Crippen molar-refractivity contribution in [3.8, 4) is 0 Å². The number of β-amino-alcohol motifs (C(OH)–C–C–N with tert-alkyl or cyclic N) is 1. The summed E-state index contributed by atoms with van der Waals surface area (Å²) in [5.41, 5.74) is 0.487. The Labute approximate surface area is 142 Å². The summed E-state index contributed by atoms with van der Waals surface area (Å²) in [6.45, 7) is 1.31. The standard InChI is InChI=1S/C18H24N2O4/c1-24-10-9-19-11-15(21)12-20(13-16(19)22)17(23)18(7-8-18)14-5-3-2-4-6-14/h2-6,15,21H,7-13H2,1H3. The molecule has 24 heavy (non-hydrogen) atoms.